The number of hydrogen-bond donors (Lipinski definition) is 4. The summed E-state index contributed by atoms with van der Waals surface area (Å²) < 4.78 is 0. The minimum atomic E-state index is -1.38. The normalized spacial score (nSPS) is 13.0. The van der Waals surface area contributed by atoms with Crippen molar-refractivity contribution in [2.75, 3.05) is 5.32 Å². The third kappa shape index (κ3) is 3.63. The predicted molar refractivity (Wildman–Crippen MR) is 113 cm³/mol. The van der Waals surface area contributed by atoms with E-state index >= 15 is 0 Å². The van der Waals surface area contributed by atoms with Crippen LogP contribution in [0.3, 0.4) is 0 Å². The fourth-order valence-corrected chi connectivity index (χ4v) is 3.32. The van der Waals surface area contributed by atoms with Crippen LogP contribution in [0.25, 0.3) is 11.0 Å². The lowest BCUT2D eigenvalue weighted by molar-refractivity contribution is -0.123. The molecule has 0 aliphatic rings. The average molecular weight is 400 g/mol. The monoisotopic (exact) mass is 400 g/mol. The highest BCUT2D eigenvalue weighted by Crippen LogP contribution is 2.25. The Balaban J connectivity index is 1.57. The molecule has 4 rings (SSSR count). The number of nitrogens with two attached hydrogens (primary N) is 2. The molecular weight excluding hydrogens is 380 g/mol. The van der Waals surface area contributed by atoms with Gasteiger partial charge in [0.15, 0.2) is 5.65 Å². The molecule has 0 aliphatic heterocycles. The number of rotatable bonds is 6. The molecule has 0 aliphatic carbocycles. The van der Waals surface area contributed by atoms with Crippen molar-refractivity contribution in [2.24, 2.45) is 11.5 Å². The summed E-state index contributed by atoms with van der Waals surface area (Å²) in [6.07, 6.45) is 3.43. The van der Waals surface area contributed by atoms with Crippen molar-refractivity contribution >= 4 is 28.5 Å². The van der Waals surface area contributed by atoms with E-state index < -0.39 is 11.4 Å². The molecule has 8 heteroatoms. The van der Waals surface area contributed by atoms with Crippen molar-refractivity contribution in [1.82, 2.24) is 15.2 Å². The number of amides is 2. The highest BCUT2D eigenvalue weighted by atomic mass is 16.2. The second kappa shape index (κ2) is 7.76. The van der Waals surface area contributed by atoms with E-state index in [0.29, 0.717) is 27.8 Å². The van der Waals surface area contributed by atoms with Gasteiger partial charge in [-0.15, -0.1) is 0 Å². The summed E-state index contributed by atoms with van der Waals surface area (Å²) in [5.74, 6) is -0.942. The van der Waals surface area contributed by atoms with E-state index in [9.17, 15) is 9.59 Å². The number of primary amides is 1. The van der Waals surface area contributed by atoms with Crippen molar-refractivity contribution < 1.29 is 9.59 Å². The molecule has 0 saturated carbocycles. The van der Waals surface area contributed by atoms with Gasteiger partial charge in [0.2, 0.25) is 5.91 Å². The number of anilines is 1. The molecule has 0 bridgehead atoms. The van der Waals surface area contributed by atoms with E-state index in [1.165, 1.54) is 0 Å². The van der Waals surface area contributed by atoms with Gasteiger partial charge < -0.3 is 16.8 Å². The zero-order chi connectivity index (χ0) is 21.1. The highest BCUT2D eigenvalue weighted by Gasteiger charge is 2.34. The van der Waals surface area contributed by atoms with Gasteiger partial charge in [-0.2, -0.15) is 5.10 Å². The summed E-state index contributed by atoms with van der Waals surface area (Å²) in [5.41, 5.74) is 13.7. The summed E-state index contributed by atoms with van der Waals surface area (Å²) in [6.45, 7) is 0. The number of benzene rings is 2. The Morgan fingerprint density at radius 1 is 1.03 bits per heavy atom. The van der Waals surface area contributed by atoms with Crippen molar-refractivity contribution in [1.29, 1.82) is 0 Å². The maximum absolute atomic E-state index is 12.7. The van der Waals surface area contributed by atoms with Crippen LogP contribution in [-0.2, 0) is 16.8 Å². The van der Waals surface area contributed by atoms with Crippen LogP contribution in [0.1, 0.15) is 21.5 Å². The molecule has 2 aromatic heterocycles. The number of carbonyl (C=O) groups excluding carboxylic acids is 2. The SMILES string of the molecule is NC(=O)C(N)(Cc1ccccc1)c1ccc(C(=O)Nc2ccnc3[nH]ncc23)cc1. The van der Waals surface area contributed by atoms with E-state index in [0.717, 1.165) is 5.56 Å². The molecule has 4 aromatic rings. The van der Waals surface area contributed by atoms with Crippen LogP contribution in [0.5, 0.6) is 0 Å². The summed E-state index contributed by atoms with van der Waals surface area (Å²) in [4.78, 5) is 29.0. The molecule has 0 fully saturated rings. The third-order valence-corrected chi connectivity index (χ3v) is 5.03. The van der Waals surface area contributed by atoms with Gasteiger partial charge in [-0.05, 0) is 29.3 Å². The van der Waals surface area contributed by atoms with Gasteiger partial charge in [0, 0.05) is 18.2 Å². The van der Waals surface area contributed by atoms with E-state index in [1.807, 2.05) is 30.3 Å². The lowest BCUT2D eigenvalue weighted by atomic mass is 9.83. The highest BCUT2D eigenvalue weighted by molar-refractivity contribution is 6.08. The van der Waals surface area contributed by atoms with Gasteiger partial charge in [0.25, 0.3) is 5.91 Å². The van der Waals surface area contributed by atoms with Crippen LogP contribution in [0.15, 0.2) is 73.1 Å². The Morgan fingerprint density at radius 3 is 2.47 bits per heavy atom. The minimum absolute atomic E-state index is 0.254. The van der Waals surface area contributed by atoms with Crippen molar-refractivity contribution in [2.45, 2.75) is 12.0 Å². The van der Waals surface area contributed by atoms with Crippen LogP contribution < -0.4 is 16.8 Å². The number of H-pyrrole nitrogens is 1. The number of hydrogen-bond acceptors (Lipinski definition) is 5. The molecular formula is C22H20N6O2. The Kier molecular flexibility index (Phi) is 4.99. The third-order valence-electron chi connectivity index (χ3n) is 5.03. The van der Waals surface area contributed by atoms with Crippen LogP contribution in [-0.4, -0.2) is 27.0 Å². The minimum Gasteiger partial charge on any atom is -0.368 e. The van der Waals surface area contributed by atoms with E-state index in [2.05, 4.69) is 20.5 Å². The number of fused-ring (bicyclic) bond motifs is 1. The smallest absolute Gasteiger partial charge is 0.255 e. The van der Waals surface area contributed by atoms with Gasteiger partial charge in [0.1, 0.15) is 5.54 Å². The summed E-state index contributed by atoms with van der Waals surface area (Å²) >= 11 is 0. The molecule has 2 aromatic carbocycles. The molecule has 2 heterocycles. The Labute approximate surface area is 172 Å². The fourth-order valence-electron chi connectivity index (χ4n) is 3.32. The number of aromatic nitrogens is 3. The van der Waals surface area contributed by atoms with Crippen molar-refractivity contribution in [3.8, 4) is 0 Å². The average Bonchev–Trinajstić information content (AvgIpc) is 3.24. The standard InChI is InChI=1S/C22H20N6O2/c23-21(30)22(24,12-14-4-2-1-3-5-14)16-8-6-15(7-9-16)20(29)27-18-10-11-25-19-17(18)13-26-28-19/h1-11,13H,12,24H2,(H2,23,30)(H2,25,26,27,28,29). The number of pyridine rings is 1. The van der Waals surface area contributed by atoms with Gasteiger partial charge in [0.05, 0.1) is 17.3 Å². The molecule has 6 N–H and O–H groups in total. The molecule has 1 unspecified atom stereocenters. The van der Waals surface area contributed by atoms with Gasteiger partial charge in [-0.25, -0.2) is 4.98 Å². The zero-order valence-corrected chi connectivity index (χ0v) is 16.0. The molecule has 0 radical (unpaired) electrons. The quantitative estimate of drug-likeness (QED) is 0.392. The first-order valence-corrected chi connectivity index (χ1v) is 9.30. The van der Waals surface area contributed by atoms with E-state index in [1.54, 1.807) is 42.7 Å². The molecule has 30 heavy (non-hydrogen) atoms. The first kappa shape index (κ1) is 19.3. The van der Waals surface area contributed by atoms with E-state index in [-0.39, 0.29) is 12.3 Å². The fraction of sp³-hybridized carbons (Fsp3) is 0.0909. The van der Waals surface area contributed by atoms with Crippen LogP contribution in [0.4, 0.5) is 5.69 Å². The molecule has 0 saturated heterocycles. The van der Waals surface area contributed by atoms with Gasteiger partial charge >= 0.3 is 0 Å². The second-order valence-electron chi connectivity index (χ2n) is 7.02. The first-order chi connectivity index (χ1) is 14.5. The van der Waals surface area contributed by atoms with Crippen LogP contribution in [0, 0.1) is 0 Å². The Hall–Kier alpha value is -4.04. The maximum atomic E-state index is 12.7. The van der Waals surface area contributed by atoms with Crippen molar-refractivity contribution in [3.05, 3.63) is 89.7 Å². The number of nitrogens with one attached hydrogen (secondary N) is 2. The molecule has 150 valence electrons. The molecule has 1 atom stereocenters. The summed E-state index contributed by atoms with van der Waals surface area (Å²) in [5, 5.41) is 10.2. The van der Waals surface area contributed by atoms with E-state index in [4.69, 9.17) is 11.5 Å². The summed E-state index contributed by atoms with van der Waals surface area (Å²) in [7, 11) is 0. The predicted octanol–water partition coefficient (Wildman–Crippen LogP) is 2.09. The second-order valence-corrected chi connectivity index (χ2v) is 7.02. The lowest BCUT2D eigenvalue weighted by Gasteiger charge is -2.27. The largest absolute Gasteiger partial charge is 0.368 e. The zero-order valence-electron chi connectivity index (χ0n) is 16.0. The Bertz CT molecular complexity index is 1200. The number of aromatic amines is 1. The molecule has 0 spiro atoms. The summed E-state index contributed by atoms with van der Waals surface area (Å²) in [6, 6.07) is 17.7. The van der Waals surface area contributed by atoms with Crippen LogP contribution in [0.2, 0.25) is 0 Å². The number of carbonyl (C=O) groups is 2. The van der Waals surface area contributed by atoms with Crippen LogP contribution >= 0.6 is 0 Å². The first-order valence-electron chi connectivity index (χ1n) is 9.30. The van der Waals surface area contributed by atoms with Crippen molar-refractivity contribution in [3.63, 3.8) is 0 Å². The lowest BCUT2D eigenvalue weighted by Crippen LogP contribution is -2.50. The topological polar surface area (TPSA) is 140 Å². The van der Waals surface area contributed by atoms with Gasteiger partial charge in [-0.3, -0.25) is 14.7 Å². The Morgan fingerprint density at radius 2 is 1.77 bits per heavy atom. The van der Waals surface area contributed by atoms with Gasteiger partial charge in [-0.1, -0.05) is 42.5 Å². The number of nitrogens with zero attached hydrogens (tertiary/aromatic N) is 2. The molecule has 8 nitrogen and oxygen atoms in total. The maximum Gasteiger partial charge on any atom is 0.255 e. The molecule has 2 amide bonds.